The fourth-order valence-electron chi connectivity index (χ4n) is 2.74. The van der Waals surface area contributed by atoms with Gasteiger partial charge in [-0.15, -0.1) is 0 Å². The highest BCUT2D eigenvalue weighted by Gasteiger charge is 2.22. The van der Waals surface area contributed by atoms with Gasteiger partial charge in [0.1, 0.15) is 5.75 Å². The molecule has 2 rings (SSSR count). The molecular formula is C15H23NO2. The molecule has 1 atom stereocenters. The van der Waals surface area contributed by atoms with Crippen LogP contribution in [0.25, 0.3) is 0 Å². The Morgan fingerprint density at radius 2 is 1.89 bits per heavy atom. The third-order valence-electron chi connectivity index (χ3n) is 3.85. The van der Waals surface area contributed by atoms with Gasteiger partial charge in [-0.05, 0) is 38.2 Å². The summed E-state index contributed by atoms with van der Waals surface area (Å²) in [7, 11) is 0. The number of hydrogen-bond acceptors (Lipinski definition) is 3. The lowest BCUT2D eigenvalue weighted by molar-refractivity contribution is 0.114. The van der Waals surface area contributed by atoms with Gasteiger partial charge in [-0.25, -0.2) is 0 Å². The first-order chi connectivity index (χ1) is 8.70. The van der Waals surface area contributed by atoms with Crippen molar-refractivity contribution in [3.63, 3.8) is 0 Å². The summed E-state index contributed by atoms with van der Waals surface area (Å²) >= 11 is 0. The smallest absolute Gasteiger partial charge is 0.120 e. The van der Waals surface area contributed by atoms with Gasteiger partial charge in [0.2, 0.25) is 0 Å². The number of phenols is 1. The quantitative estimate of drug-likeness (QED) is 0.769. The Morgan fingerprint density at radius 1 is 1.22 bits per heavy atom. The molecule has 0 aromatic heterocycles. The molecule has 3 heteroatoms. The summed E-state index contributed by atoms with van der Waals surface area (Å²) in [6.07, 6.45) is 4.64. The normalized spacial score (nSPS) is 25.9. The van der Waals surface area contributed by atoms with E-state index in [9.17, 15) is 10.2 Å². The molecule has 0 radical (unpaired) electrons. The fourth-order valence-corrected chi connectivity index (χ4v) is 2.74. The first kappa shape index (κ1) is 13.4. The van der Waals surface area contributed by atoms with E-state index < -0.39 is 0 Å². The van der Waals surface area contributed by atoms with E-state index in [1.165, 1.54) is 0 Å². The number of aliphatic hydroxyl groups is 1. The molecule has 0 aliphatic heterocycles. The van der Waals surface area contributed by atoms with E-state index in [2.05, 4.69) is 12.2 Å². The third kappa shape index (κ3) is 3.24. The van der Waals surface area contributed by atoms with Crippen LogP contribution in [-0.4, -0.2) is 22.4 Å². The van der Waals surface area contributed by atoms with Gasteiger partial charge in [0, 0.05) is 17.6 Å². The maximum atomic E-state index is 9.90. The van der Waals surface area contributed by atoms with Crippen molar-refractivity contribution in [2.45, 2.75) is 57.2 Å². The highest BCUT2D eigenvalue weighted by Crippen LogP contribution is 2.28. The summed E-state index contributed by atoms with van der Waals surface area (Å²) < 4.78 is 0. The number of aliphatic hydroxyl groups excluding tert-OH is 1. The number of aromatic hydroxyl groups is 1. The average molecular weight is 249 g/mol. The van der Waals surface area contributed by atoms with Crippen LogP contribution in [0.1, 0.15) is 50.6 Å². The Hall–Kier alpha value is -1.06. The lowest BCUT2D eigenvalue weighted by atomic mass is 9.91. The van der Waals surface area contributed by atoms with Crippen LogP contribution in [0.4, 0.5) is 0 Å². The van der Waals surface area contributed by atoms with E-state index in [0.29, 0.717) is 11.8 Å². The van der Waals surface area contributed by atoms with Crippen molar-refractivity contribution in [1.29, 1.82) is 0 Å². The Balaban J connectivity index is 1.99. The maximum Gasteiger partial charge on any atom is 0.120 e. The van der Waals surface area contributed by atoms with Crippen molar-refractivity contribution < 1.29 is 10.2 Å². The van der Waals surface area contributed by atoms with E-state index in [1.807, 2.05) is 18.2 Å². The molecule has 100 valence electrons. The summed E-state index contributed by atoms with van der Waals surface area (Å²) in [6.45, 7) is 2.13. The summed E-state index contributed by atoms with van der Waals surface area (Å²) in [5.74, 6) is 0.368. The molecule has 0 bridgehead atoms. The monoisotopic (exact) mass is 249 g/mol. The molecule has 1 saturated carbocycles. The van der Waals surface area contributed by atoms with Gasteiger partial charge in [0.25, 0.3) is 0 Å². The van der Waals surface area contributed by atoms with Crippen LogP contribution < -0.4 is 5.32 Å². The summed E-state index contributed by atoms with van der Waals surface area (Å²) in [5.41, 5.74) is 0.978. The molecule has 1 aliphatic rings. The average Bonchev–Trinajstić information content (AvgIpc) is 2.39. The Bertz CT molecular complexity index is 373. The largest absolute Gasteiger partial charge is 0.508 e. The SMILES string of the molecule is CC[C@H](NC1CCC(O)CC1)c1ccccc1O. The number of phenolic OH excluding ortho intramolecular Hbond substituents is 1. The third-order valence-corrected chi connectivity index (χ3v) is 3.85. The molecule has 1 aliphatic carbocycles. The molecule has 0 saturated heterocycles. The second kappa shape index (κ2) is 6.21. The molecule has 1 fully saturated rings. The number of benzene rings is 1. The molecule has 0 unspecified atom stereocenters. The topological polar surface area (TPSA) is 52.5 Å². The highest BCUT2D eigenvalue weighted by atomic mass is 16.3. The summed E-state index contributed by atoms with van der Waals surface area (Å²) in [4.78, 5) is 0. The molecule has 18 heavy (non-hydrogen) atoms. The van der Waals surface area contributed by atoms with Crippen LogP contribution in [0.3, 0.4) is 0 Å². The van der Waals surface area contributed by atoms with Gasteiger partial charge in [0.05, 0.1) is 6.10 Å². The summed E-state index contributed by atoms with van der Waals surface area (Å²) in [5, 5.41) is 23.0. The van der Waals surface area contributed by atoms with Gasteiger partial charge < -0.3 is 15.5 Å². The molecule has 1 aromatic rings. The van der Waals surface area contributed by atoms with Crippen molar-refractivity contribution in [2.75, 3.05) is 0 Å². The van der Waals surface area contributed by atoms with Gasteiger partial charge in [-0.2, -0.15) is 0 Å². The maximum absolute atomic E-state index is 9.90. The van der Waals surface area contributed by atoms with E-state index in [0.717, 1.165) is 37.7 Å². The minimum Gasteiger partial charge on any atom is -0.508 e. The second-order valence-electron chi connectivity index (χ2n) is 5.19. The number of para-hydroxylation sites is 1. The molecule has 0 spiro atoms. The molecule has 3 N–H and O–H groups in total. The lowest BCUT2D eigenvalue weighted by Gasteiger charge is -2.30. The zero-order chi connectivity index (χ0) is 13.0. The predicted octanol–water partition coefficient (Wildman–Crippen LogP) is 2.74. The van der Waals surface area contributed by atoms with Crippen LogP contribution in [0.2, 0.25) is 0 Å². The number of rotatable bonds is 4. The van der Waals surface area contributed by atoms with Crippen molar-refractivity contribution >= 4 is 0 Å². The van der Waals surface area contributed by atoms with E-state index in [1.54, 1.807) is 6.07 Å². The van der Waals surface area contributed by atoms with Crippen LogP contribution >= 0.6 is 0 Å². The van der Waals surface area contributed by atoms with Gasteiger partial charge >= 0.3 is 0 Å². The van der Waals surface area contributed by atoms with Crippen LogP contribution in [0.15, 0.2) is 24.3 Å². The summed E-state index contributed by atoms with van der Waals surface area (Å²) in [6, 6.07) is 8.19. The predicted molar refractivity (Wildman–Crippen MR) is 72.5 cm³/mol. The fraction of sp³-hybridized carbons (Fsp3) is 0.600. The molecule has 0 heterocycles. The minimum atomic E-state index is -0.117. The Morgan fingerprint density at radius 3 is 2.50 bits per heavy atom. The number of nitrogens with one attached hydrogen (secondary N) is 1. The van der Waals surface area contributed by atoms with Gasteiger partial charge in [-0.1, -0.05) is 25.1 Å². The van der Waals surface area contributed by atoms with Crippen molar-refractivity contribution in [3.05, 3.63) is 29.8 Å². The second-order valence-corrected chi connectivity index (χ2v) is 5.19. The standard InChI is InChI=1S/C15H23NO2/c1-2-14(13-5-3-4-6-15(13)18)16-11-7-9-12(17)10-8-11/h3-6,11-12,14,16-18H,2,7-10H2,1H3/t11?,12?,14-/m0/s1. The van der Waals surface area contributed by atoms with E-state index in [4.69, 9.17) is 0 Å². The molecule has 1 aromatic carbocycles. The molecule has 3 nitrogen and oxygen atoms in total. The Labute approximate surface area is 109 Å². The van der Waals surface area contributed by atoms with Gasteiger partial charge in [0.15, 0.2) is 0 Å². The van der Waals surface area contributed by atoms with Crippen molar-refractivity contribution in [1.82, 2.24) is 5.32 Å². The zero-order valence-electron chi connectivity index (χ0n) is 11.0. The van der Waals surface area contributed by atoms with Crippen LogP contribution in [0.5, 0.6) is 5.75 Å². The lowest BCUT2D eigenvalue weighted by Crippen LogP contribution is -2.36. The molecular weight excluding hydrogens is 226 g/mol. The van der Waals surface area contributed by atoms with Crippen LogP contribution in [0, 0.1) is 0 Å². The van der Waals surface area contributed by atoms with Crippen molar-refractivity contribution in [2.24, 2.45) is 0 Å². The Kier molecular flexibility index (Phi) is 4.61. The highest BCUT2D eigenvalue weighted by molar-refractivity contribution is 5.34. The number of hydrogen-bond donors (Lipinski definition) is 3. The van der Waals surface area contributed by atoms with E-state index >= 15 is 0 Å². The first-order valence-corrected chi connectivity index (χ1v) is 6.92. The molecule has 0 amide bonds. The van der Waals surface area contributed by atoms with Crippen molar-refractivity contribution in [3.8, 4) is 5.75 Å². The minimum absolute atomic E-state index is 0.117. The van der Waals surface area contributed by atoms with Crippen LogP contribution in [-0.2, 0) is 0 Å². The van der Waals surface area contributed by atoms with Gasteiger partial charge in [-0.3, -0.25) is 0 Å². The zero-order valence-corrected chi connectivity index (χ0v) is 11.0. The first-order valence-electron chi connectivity index (χ1n) is 6.92. The van der Waals surface area contributed by atoms with E-state index in [-0.39, 0.29) is 12.1 Å².